The fourth-order valence-corrected chi connectivity index (χ4v) is 1.23. The van der Waals surface area contributed by atoms with Gasteiger partial charge in [0, 0.05) is 5.57 Å². The highest BCUT2D eigenvalue weighted by Gasteiger charge is 2.74. The van der Waals surface area contributed by atoms with Gasteiger partial charge in [0.2, 0.25) is 6.04 Å². The average molecular weight is 230 g/mol. The van der Waals surface area contributed by atoms with Gasteiger partial charge in [0.05, 0.1) is 0 Å². The molecule has 1 fully saturated rings. The van der Waals surface area contributed by atoms with Crippen LogP contribution in [-0.4, -0.2) is 30.6 Å². The number of rotatable bonds is 2. The molecule has 7 heteroatoms. The molecule has 1 saturated heterocycles. The molecular formula is C8H9F5NO+. The van der Waals surface area contributed by atoms with Crippen LogP contribution in [0.25, 0.3) is 0 Å². The van der Waals surface area contributed by atoms with E-state index in [0.717, 1.165) is 0 Å². The topological polar surface area (TPSA) is 21.5 Å². The van der Waals surface area contributed by atoms with Crippen molar-refractivity contribution < 1.29 is 31.6 Å². The molecule has 0 saturated carbocycles. The van der Waals surface area contributed by atoms with Gasteiger partial charge in [-0.25, -0.2) is 4.79 Å². The third kappa shape index (κ3) is 2.01. The Hall–Kier alpha value is -0.980. The minimum Gasteiger partial charge on any atom is -0.250 e. The first-order valence-corrected chi connectivity index (χ1v) is 4.09. The third-order valence-electron chi connectivity index (χ3n) is 2.18. The molecule has 0 aromatic carbocycles. The molecule has 1 N–H and O–H groups in total. The van der Waals surface area contributed by atoms with Crippen molar-refractivity contribution in [1.82, 2.24) is 0 Å². The smallest absolute Gasteiger partial charge is 0.250 e. The summed E-state index contributed by atoms with van der Waals surface area (Å²) < 4.78 is 60.9. The van der Waals surface area contributed by atoms with Crippen molar-refractivity contribution in [3.8, 4) is 0 Å². The normalized spacial score (nSPS) is 26.3. The van der Waals surface area contributed by atoms with Crippen molar-refractivity contribution in [2.24, 2.45) is 0 Å². The van der Waals surface area contributed by atoms with Crippen molar-refractivity contribution in [2.75, 3.05) is 6.54 Å². The van der Waals surface area contributed by atoms with E-state index in [1.807, 2.05) is 0 Å². The van der Waals surface area contributed by atoms with E-state index in [9.17, 15) is 26.7 Å². The number of hydrogen-bond acceptors (Lipinski definition) is 1. The minimum atomic E-state index is -5.60. The zero-order valence-electron chi connectivity index (χ0n) is 7.79. The summed E-state index contributed by atoms with van der Waals surface area (Å²) in [6.07, 6.45) is -5.60. The summed E-state index contributed by atoms with van der Waals surface area (Å²) >= 11 is 0. The quantitative estimate of drug-likeness (QED) is 0.417. The van der Waals surface area contributed by atoms with Crippen LogP contribution in [0.4, 0.5) is 22.0 Å². The van der Waals surface area contributed by atoms with E-state index in [-0.39, 0.29) is 10.5 Å². The molecule has 1 rings (SSSR count). The van der Waals surface area contributed by atoms with E-state index in [0.29, 0.717) is 0 Å². The molecule has 0 aromatic heterocycles. The van der Waals surface area contributed by atoms with E-state index in [1.54, 1.807) is 0 Å². The summed E-state index contributed by atoms with van der Waals surface area (Å²) in [5.74, 6) is -5.60. The maximum atomic E-state index is 12.7. The van der Waals surface area contributed by atoms with Crippen LogP contribution in [0.1, 0.15) is 6.92 Å². The van der Waals surface area contributed by atoms with Crippen molar-refractivity contribution in [2.45, 2.75) is 25.1 Å². The summed E-state index contributed by atoms with van der Waals surface area (Å²) in [4.78, 5) is 10.7. The van der Waals surface area contributed by atoms with Crippen molar-refractivity contribution in [3.63, 3.8) is 0 Å². The minimum absolute atomic E-state index is 0.0227. The summed E-state index contributed by atoms with van der Waals surface area (Å²) in [5, 5.41) is 0. The van der Waals surface area contributed by atoms with Gasteiger partial charge in [-0.05, 0) is 6.92 Å². The van der Waals surface area contributed by atoms with Gasteiger partial charge < -0.3 is 0 Å². The van der Waals surface area contributed by atoms with Crippen LogP contribution < -0.4 is 4.90 Å². The lowest BCUT2D eigenvalue weighted by molar-refractivity contribution is -0.697. The van der Waals surface area contributed by atoms with E-state index in [1.165, 1.54) is 6.92 Å². The highest BCUT2D eigenvalue weighted by Crippen LogP contribution is 2.39. The summed E-state index contributed by atoms with van der Waals surface area (Å²) in [7, 11) is 0. The van der Waals surface area contributed by atoms with Crippen LogP contribution >= 0.6 is 0 Å². The van der Waals surface area contributed by atoms with E-state index >= 15 is 0 Å². The summed E-state index contributed by atoms with van der Waals surface area (Å²) in [6, 6.07) is -2.00. The maximum absolute atomic E-state index is 12.7. The largest absolute Gasteiger partial charge is 0.460 e. The highest BCUT2D eigenvalue weighted by molar-refractivity contribution is 5.85. The molecule has 0 aliphatic carbocycles. The van der Waals surface area contributed by atoms with Crippen LogP contribution in [0, 0.1) is 0 Å². The predicted octanol–water partition coefficient (Wildman–Crippen LogP) is 0.554. The fourth-order valence-electron chi connectivity index (χ4n) is 1.23. The predicted molar refractivity (Wildman–Crippen MR) is 40.4 cm³/mol. The molecule has 0 spiro atoms. The monoisotopic (exact) mass is 230 g/mol. The molecule has 2 atom stereocenters. The second kappa shape index (κ2) is 3.26. The molecule has 0 aromatic rings. The average Bonchev–Trinajstić information content (AvgIpc) is 2.79. The molecule has 1 heterocycles. The van der Waals surface area contributed by atoms with Crippen molar-refractivity contribution >= 4 is 5.91 Å². The lowest BCUT2D eigenvalue weighted by Crippen LogP contribution is -2.99. The van der Waals surface area contributed by atoms with E-state index in [4.69, 9.17) is 0 Å². The Labute approximate surface area is 82.3 Å². The second-order valence-corrected chi connectivity index (χ2v) is 3.51. The lowest BCUT2D eigenvalue weighted by Gasteiger charge is -2.16. The molecule has 1 aliphatic rings. The first kappa shape index (κ1) is 12.1. The number of alkyl halides is 5. The molecule has 2 unspecified atom stereocenters. The number of nitrogens with one attached hydrogen (secondary N) is 1. The van der Waals surface area contributed by atoms with Gasteiger partial charge in [0.1, 0.15) is 6.54 Å². The Kier molecular flexibility index (Phi) is 2.63. The number of amides is 1. The van der Waals surface area contributed by atoms with Crippen LogP contribution in [-0.2, 0) is 4.79 Å². The Morgan fingerprint density at radius 3 is 2.13 bits per heavy atom. The molecule has 1 aliphatic heterocycles. The number of carbonyl (C=O) groups excluding carboxylic acids is 1. The van der Waals surface area contributed by atoms with Crippen LogP contribution in [0.15, 0.2) is 12.2 Å². The standard InChI is InChI=1S/C8H8F5NO/c1-4(2)6(15)14-3-5(14)7(9,10)8(11,12)13/h5H,1,3H2,2H3/p+1. The van der Waals surface area contributed by atoms with Gasteiger partial charge in [-0.1, -0.05) is 6.58 Å². The number of quaternary nitrogens is 1. The molecular weight excluding hydrogens is 221 g/mol. The zero-order chi connectivity index (χ0) is 12.0. The second-order valence-electron chi connectivity index (χ2n) is 3.51. The lowest BCUT2D eigenvalue weighted by atomic mass is 10.2. The first-order valence-electron chi connectivity index (χ1n) is 4.09. The van der Waals surface area contributed by atoms with Gasteiger partial charge in [-0.15, -0.1) is 0 Å². The van der Waals surface area contributed by atoms with E-state index < -0.39 is 30.6 Å². The Morgan fingerprint density at radius 2 is 1.80 bits per heavy atom. The van der Waals surface area contributed by atoms with Gasteiger partial charge in [-0.3, -0.25) is 4.90 Å². The van der Waals surface area contributed by atoms with Gasteiger partial charge >= 0.3 is 18.0 Å². The number of carbonyl (C=O) groups is 1. The van der Waals surface area contributed by atoms with Crippen LogP contribution in [0.5, 0.6) is 0 Å². The maximum Gasteiger partial charge on any atom is 0.460 e. The molecule has 0 radical (unpaired) electrons. The fraction of sp³-hybridized carbons (Fsp3) is 0.625. The first-order chi connectivity index (χ1) is 6.59. The number of halogens is 5. The Morgan fingerprint density at radius 1 is 1.33 bits per heavy atom. The summed E-state index contributed by atoms with van der Waals surface area (Å²) in [5.41, 5.74) is -0.0227. The molecule has 15 heavy (non-hydrogen) atoms. The van der Waals surface area contributed by atoms with Crippen LogP contribution in [0.2, 0.25) is 0 Å². The van der Waals surface area contributed by atoms with Crippen LogP contribution in [0.3, 0.4) is 0 Å². The molecule has 0 bridgehead atoms. The molecule has 1 amide bonds. The Balaban J connectivity index is 2.73. The van der Waals surface area contributed by atoms with Gasteiger partial charge in [0.25, 0.3) is 0 Å². The van der Waals surface area contributed by atoms with Gasteiger partial charge in [0.15, 0.2) is 0 Å². The third-order valence-corrected chi connectivity index (χ3v) is 2.18. The Bertz CT molecular complexity index is 309. The molecule has 2 nitrogen and oxygen atoms in total. The SMILES string of the molecule is C=C(C)C(=O)[NH+]1CC1C(F)(F)C(F)(F)F. The van der Waals surface area contributed by atoms with Gasteiger partial charge in [-0.2, -0.15) is 22.0 Å². The summed E-state index contributed by atoms with van der Waals surface area (Å²) in [6.45, 7) is 3.97. The highest BCUT2D eigenvalue weighted by atomic mass is 19.4. The molecule has 86 valence electrons. The van der Waals surface area contributed by atoms with Crippen molar-refractivity contribution in [3.05, 3.63) is 12.2 Å². The zero-order valence-corrected chi connectivity index (χ0v) is 7.79. The van der Waals surface area contributed by atoms with E-state index in [2.05, 4.69) is 6.58 Å². The number of hydrogen-bond donors (Lipinski definition) is 1. The van der Waals surface area contributed by atoms with Crippen molar-refractivity contribution in [1.29, 1.82) is 0 Å².